The van der Waals surface area contributed by atoms with Crippen molar-refractivity contribution in [2.45, 2.75) is 32.7 Å². The third-order valence-corrected chi connectivity index (χ3v) is 4.43. The number of carbonyl (C=O) groups is 1. The molecule has 2 aromatic rings. The van der Waals surface area contributed by atoms with E-state index in [1.54, 1.807) is 0 Å². The first kappa shape index (κ1) is 18.5. The van der Waals surface area contributed by atoms with Crippen LogP contribution in [0.3, 0.4) is 0 Å². The molecule has 1 atom stereocenters. The van der Waals surface area contributed by atoms with Gasteiger partial charge < -0.3 is 10.2 Å². The van der Waals surface area contributed by atoms with Gasteiger partial charge in [-0.1, -0.05) is 31.2 Å². The number of hydrogen-bond acceptors (Lipinski definition) is 3. The molecule has 0 spiro atoms. The molecule has 1 aromatic carbocycles. The first-order valence-electron chi connectivity index (χ1n) is 8.27. The van der Waals surface area contributed by atoms with Crippen molar-refractivity contribution in [2.75, 3.05) is 19.6 Å². The summed E-state index contributed by atoms with van der Waals surface area (Å²) < 4.78 is 0. The number of benzene rings is 1. The van der Waals surface area contributed by atoms with E-state index >= 15 is 0 Å². The van der Waals surface area contributed by atoms with Crippen LogP contribution in [-0.4, -0.2) is 40.6 Å². The number of amides is 1. The molecule has 0 radical (unpaired) electrons. The summed E-state index contributed by atoms with van der Waals surface area (Å²) in [5, 5.41) is 10.5. The molecule has 3 rings (SSSR count). The van der Waals surface area contributed by atoms with Gasteiger partial charge in [0.2, 0.25) is 5.91 Å². The normalized spacial score (nSPS) is 17.4. The van der Waals surface area contributed by atoms with Gasteiger partial charge in [-0.25, -0.2) is 0 Å². The van der Waals surface area contributed by atoms with E-state index in [0.29, 0.717) is 6.42 Å². The van der Waals surface area contributed by atoms with Gasteiger partial charge in [0.05, 0.1) is 18.2 Å². The average Bonchev–Trinajstić information content (AvgIpc) is 3.00. The summed E-state index contributed by atoms with van der Waals surface area (Å²) in [6, 6.07) is 10.6. The van der Waals surface area contributed by atoms with E-state index in [4.69, 9.17) is 0 Å². The Morgan fingerprint density at radius 3 is 2.71 bits per heavy atom. The minimum Gasteiger partial charge on any atom is -0.333 e. The van der Waals surface area contributed by atoms with Crippen LogP contribution >= 0.6 is 12.4 Å². The fourth-order valence-electron chi connectivity index (χ4n) is 3.10. The summed E-state index contributed by atoms with van der Waals surface area (Å²) in [5.74, 6) is 0.141. The number of H-pyrrole nitrogens is 1. The lowest BCUT2D eigenvalue weighted by atomic mass is 10.0. The Hall–Kier alpha value is -1.85. The number of nitrogens with zero attached hydrogens (tertiary/aromatic N) is 2. The molecule has 0 aliphatic carbocycles. The SMILES string of the molecule is CCc1ccc(C2CNCCN2C(=O)Cc2cc(C)[nH]n2)cc1.Cl. The number of rotatable bonds is 4. The van der Waals surface area contributed by atoms with Gasteiger partial charge in [0.15, 0.2) is 0 Å². The molecule has 2 N–H and O–H groups in total. The van der Waals surface area contributed by atoms with E-state index in [1.165, 1.54) is 11.1 Å². The van der Waals surface area contributed by atoms with Crippen LogP contribution in [0.4, 0.5) is 0 Å². The molecule has 2 heterocycles. The third kappa shape index (κ3) is 4.16. The first-order chi connectivity index (χ1) is 11.2. The predicted octanol–water partition coefficient (Wildman–Crippen LogP) is 2.42. The zero-order valence-corrected chi connectivity index (χ0v) is 15.0. The van der Waals surface area contributed by atoms with Crippen molar-refractivity contribution >= 4 is 18.3 Å². The Bertz CT molecular complexity index is 668. The molecule has 1 unspecified atom stereocenters. The van der Waals surface area contributed by atoms with Gasteiger partial charge in [-0.05, 0) is 30.5 Å². The van der Waals surface area contributed by atoms with Gasteiger partial charge in [-0.15, -0.1) is 12.4 Å². The van der Waals surface area contributed by atoms with E-state index in [9.17, 15) is 4.79 Å². The van der Waals surface area contributed by atoms with Crippen LogP contribution in [0.2, 0.25) is 0 Å². The van der Waals surface area contributed by atoms with Crippen LogP contribution in [0.15, 0.2) is 30.3 Å². The summed E-state index contributed by atoms with van der Waals surface area (Å²) in [6.07, 6.45) is 1.39. The summed E-state index contributed by atoms with van der Waals surface area (Å²) >= 11 is 0. The van der Waals surface area contributed by atoms with Crippen molar-refractivity contribution in [3.63, 3.8) is 0 Å². The van der Waals surface area contributed by atoms with Gasteiger partial charge in [-0.2, -0.15) is 5.10 Å². The second-order valence-electron chi connectivity index (χ2n) is 6.12. The summed E-state index contributed by atoms with van der Waals surface area (Å²) in [7, 11) is 0. The monoisotopic (exact) mass is 348 g/mol. The van der Waals surface area contributed by atoms with Gasteiger partial charge >= 0.3 is 0 Å². The van der Waals surface area contributed by atoms with Crippen molar-refractivity contribution in [2.24, 2.45) is 0 Å². The average molecular weight is 349 g/mol. The summed E-state index contributed by atoms with van der Waals surface area (Å²) in [4.78, 5) is 14.7. The van der Waals surface area contributed by atoms with Crippen molar-refractivity contribution in [3.8, 4) is 0 Å². The van der Waals surface area contributed by atoms with Gasteiger partial charge in [0.1, 0.15) is 0 Å². The lowest BCUT2D eigenvalue weighted by Gasteiger charge is -2.36. The second-order valence-corrected chi connectivity index (χ2v) is 6.12. The Kier molecular flexibility index (Phi) is 6.40. The van der Waals surface area contributed by atoms with Crippen molar-refractivity contribution in [1.82, 2.24) is 20.4 Å². The quantitative estimate of drug-likeness (QED) is 0.892. The first-order valence-corrected chi connectivity index (χ1v) is 8.27. The molecule has 6 heteroatoms. The van der Waals surface area contributed by atoms with Gasteiger partial charge in [0, 0.05) is 25.3 Å². The molecular weight excluding hydrogens is 324 g/mol. The highest BCUT2D eigenvalue weighted by atomic mass is 35.5. The zero-order valence-electron chi connectivity index (χ0n) is 14.2. The van der Waals surface area contributed by atoms with Crippen LogP contribution in [-0.2, 0) is 17.6 Å². The fraction of sp³-hybridized carbons (Fsp3) is 0.444. The maximum atomic E-state index is 12.7. The molecule has 1 aliphatic heterocycles. The predicted molar refractivity (Wildman–Crippen MR) is 97.4 cm³/mol. The zero-order chi connectivity index (χ0) is 16.2. The number of aryl methyl sites for hydroxylation is 2. The third-order valence-electron chi connectivity index (χ3n) is 4.43. The van der Waals surface area contributed by atoms with Crippen LogP contribution in [0, 0.1) is 6.92 Å². The molecule has 24 heavy (non-hydrogen) atoms. The summed E-state index contributed by atoms with van der Waals surface area (Å²) in [5.41, 5.74) is 4.31. The maximum absolute atomic E-state index is 12.7. The molecule has 0 saturated carbocycles. The van der Waals surface area contributed by atoms with E-state index in [2.05, 4.69) is 46.7 Å². The van der Waals surface area contributed by atoms with Crippen LogP contribution in [0.25, 0.3) is 0 Å². The number of aromatic amines is 1. The number of piperazine rings is 1. The maximum Gasteiger partial charge on any atom is 0.229 e. The molecule has 5 nitrogen and oxygen atoms in total. The molecule has 1 amide bonds. The van der Waals surface area contributed by atoms with Crippen molar-refractivity contribution in [3.05, 3.63) is 52.8 Å². The molecule has 1 saturated heterocycles. The Morgan fingerprint density at radius 2 is 2.08 bits per heavy atom. The van der Waals surface area contributed by atoms with Crippen LogP contribution in [0.1, 0.15) is 35.5 Å². The Labute approximate surface area is 149 Å². The largest absolute Gasteiger partial charge is 0.333 e. The Balaban J connectivity index is 0.00000208. The Morgan fingerprint density at radius 1 is 1.33 bits per heavy atom. The van der Waals surface area contributed by atoms with Gasteiger partial charge in [-0.3, -0.25) is 9.89 Å². The highest BCUT2D eigenvalue weighted by Gasteiger charge is 2.28. The fourth-order valence-corrected chi connectivity index (χ4v) is 3.10. The topological polar surface area (TPSA) is 61.0 Å². The van der Waals surface area contributed by atoms with E-state index < -0.39 is 0 Å². The smallest absolute Gasteiger partial charge is 0.229 e. The molecule has 1 aromatic heterocycles. The van der Waals surface area contributed by atoms with Crippen LogP contribution < -0.4 is 5.32 Å². The van der Waals surface area contributed by atoms with Gasteiger partial charge in [0.25, 0.3) is 0 Å². The van der Waals surface area contributed by atoms with E-state index in [1.807, 2.05) is 17.9 Å². The number of nitrogens with one attached hydrogen (secondary N) is 2. The number of hydrogen-bond donors (Lipinski definition) is 2. The number of halogens is 1. The lowest BCUT2D eigenvalue weighted by Crippen LogP contribution is -2.49. The molecule has 1 fully saturated rings. The van der Waals surface area contributed by atoms with E-state index in [0.717, 1.165) is 37.4 Å². The standard InChI is InChI=1S/C18H24N4O.ClH/c1-3-14-4-6-15(7-5-14)17-12-19-8-9-22(17)18(23)11-16-10-13(2)20-21-16;/h4-7,10,17,19H,3,8-9,11-12H2,1-2H3,(H,20,21);1H. The highest BCUT2D eigenvalue weighted by Crippen LogP contribution is 2.23. The molecule has 0 bridgehead atoms. The number of aromatic nitrogens is 2. The minimum absolute atomic E-state index is 0. The summed E-state index contributed by atoms with van der Waals surface area (Å²) in [6.45, 7) is 6.48. The van der Waals surface area contributed by atoms with E-state index in [-0.39, 0.29) is 24.4 Å². The lowest BCUT2D eigenvalue weighted by molar-refractivity contribution is -0.133. The second kappa shape index (κ2) is 8.31. The number of carbonyl (C=O) groups excluding carboxylic acids is 1. The molecule has 130 valence electrons. The van der Waals surface area contributed by atoms with Crippen molar-refractivity contribution in [1.29, 1.82) is 0 Å². The molecular formula is C18H25ClN4O. The molecule has 1 aliphatic rings. The van der Waals surface area contributed by atoms with Crippen molar-refractivity contribution < 1.29 is 4.79 Å². The minimum atomic E-state index is 0. The highest BCUT2D eigenvalue weighted by molar-refractivity contribution is 5.85. The van der Waals surface area contributed by atoms with Crippen LogP contribution in [0.5, 0.6) is 0 Å².